The number of hydrogen-bond donors (Lipinski definition) is 1. The summed E-state index contributed by atoms with van der Waals surface area (Å²) in [6.45, 7) is 3.37. The molecule has 2 rings (SSSR count). The molecule has 0 aromatic heterocycles. The standard InChI is InChI=1S/C15H24N2O3S/c18-21(19,14-6-9-15-7-2-1-3-8-15)16-20-13-12-17-10-4-5-11-17/h1-3,7-8,16H,4-6,9-14H2. The molecular formula is C15H24N2O3S. The van der Waals surface area contributed by atoms with Crippen molar-refractivity contribution in [3.8, 4) is 0 Å². The third-order valence-corrected chi connectivity index (χ3v) is 4.81. The Bertz CT molecular complexity index is 499. The van der Waals surface area contributed by atoms with Gasteiger partial charge in [-0.05, 0) is 44.3 Å². The topological polar surface area (TPSA) is 58.6 Å². The first-order valence-electron chi connectivity index (χ1n) is 7.53. The van der Waals surface area contributed by atoms with Gasteiger partial charge < -0.3 is 4.90 Å². The molecule has 21 heavy (non-hydrogen) atoms. The van der Waals surface area contributed by atoms with Gasteiger partial charge in [0.1, 0.15) is 0 Å². The van der Waals surface area contributed by atoms with Gasteiger partial charge in [-0.3, -0.25) is 4.84 Å². The van der Waals surface area contributed by atoms with Crippen LogP contribution in [-0.2, 0) is 21.3 Å². The monoisotopic (exact) mass is 312 g/mol. The van der Waals surface area contributed by atoms with E-state index in [9.17, 15) is 8.42 Å². The Hall–Kier alpha value is -0.950. The van der Waals surface area contributed by atoms with Crippen molar-refractivity contribution >= 4 is 10.0 Å². The van der Waals surface area contributed by atoms with Gasteiger partial charge in [0, 0.05) is 6.54 Å². The number of aryl methyl sites for hydroxylation is 1. The number of likely N-dealkylation sites (tertiary alicyclic amines) is 1. The molecule has 1 aliphatic heterocycles. The minimum Gasteiger partial charge on any atom is -0.301 e. The summed E-state index contributed by atoms with van der Waals surface area (Å²) >= 11 is 0. The van der Waals surface area contributed by atoms with Crippen LogP contribution < -0.4 is 4.89 Å². The van der Waals surface area contributed by atoms with Gasteiger partial charge in [0.15, 0.2) is 0 Å². The molecule has 1 N–H and O–H groups in total. The van der Waals surface area contributed by atoms with Crippen LogP contribution in [0.3, 0.4) is 0 Å². The minimum absolute atomic E-state index is 0.0889. The second-order valence-corrected chi connectivity index (χ2v) is 7.19. The highest BCUT2D eigenvalue weighted by molar-refractivity contribution is 7.89. The molecule has 1 aromatic rings. The van der Waals surface area contributed by atoms with E-state index in [2.05, 4.69) is 9.79 Å². The van der Waals surface area contributed by atoms with E-state index in [1.807, 2.05) is 30.3 Å². The highest BCUT2D eigenvalue weighted by Gasteiger charge is 2.13. The summed E-state index contributed by atoms with van der Waals surface area (Å²) in [5, 5.41) is 0. The van der Waals surface area contributed by atoms with Gasteiger partial charge in [-0.1, -0.05) is 35.2 Å². The Balaban J connectivity index is 1.58. The average Bonchev–Trinajstić information content (AvgIpc) is 2.98. The van der Waals surface area contributed by atoms with Crippen LogP contribution in [0.15, 0.2) is 30.3 Å². The molecule has 0 amide bonds. The van der Waals surface area contributed by atoms with E-state index in [0.717, 1.165) is 31.6 Å². The largest absolute Gasteiger partial charge is 0.301 e. The first kappa shape index (κ1) is 16.4. The maximum Gasteiger partial charge on any atom is 0.233 e. The Morgan fingerprint density at radius 2 is 1.86 bits per heavy atom. The SMILES string of the molecule is O=S(=O)(CCCc1ccccc1)NOCCN1CCCC1. The van der Waals surface area contributed by atoms with E-state index in [1.165, 1.54) is 12.8 Å². The molecule has 0 saturated carbocycles. The highest BCUT2D eigenvalue weighted by atomic mass is 32.2. The van der Waals surface area contributed by atoms with Crippen molar-refractivity contribution in [3.63, 3.8) is 0 Å². The lowest BCUT2D eigenvalue weighted by molar-refractivity contribution is 0.0756. The molecule has 1 fully saturated rings. The zero-order valence-electron chi connectivity index (χ0n) is 12.3. The lowest BCUT2D eigenvalue weighted by Crippen LogP contribution is -2.31. The molecule has 5 nitrogen and oxygen atoms in total. The molecule has 1 aliphatic rings. The van der Waals surface area contributed by atoms with Crippen LogP contribution in [0.2, 0.25) is 0 Å². The van der Waals surface area contributed by atoms with Gasteiger partial charge >= 0.3 is 0 Å². The lowest BCUT2D eigenvalue weighted by Gasteiger charge is -2.14. The summed E-state index contributed by atoms with van der Waals surface area (Å²) in [7, 11) is -3.34. The van der Waals surface area contributed by atoms with Crippen LogP contribution in [0.25, 0.3) is 0 Å². The van der Waals surface area contributed by atoms with Gasteiger partial charge in [-0.15, -0.1) is 0 Å². The number of nitrogens with zero attached hydrogens (tertiary/aromatic N) is 1. The van der Waals surface area contributed by atoms with E-state index in [0.29, 0.717) is 13.0 Å². The van der Waals surface area contributed by atoms with E-state index in [-0.39, 0.29) is 5.75 Å². The molecule has 1 heterocycles. The Kier molecular flexibility index (Phi) is 6.63. The van der Waals surface area contributed by atoms with Gasteiger partial charge in [0.25, 0.3) is 0 Å². The second kappa shape index (κ2) is 8.48. The Morgan fingerprint density at radius 1 is 1.14 bits per heavy atom. The van der Waals surface area contributed by atoms with E-state index in [4.69, 9.17) is 4.84 Å². The fourth-order valence-electron chi connectivity index (χ4n) is 2.47. The zero-order valence-corrected chi connectivity index (χ0v) is 13.1. The van der Waals surface area contributed by atoms with Crippen molar-refractivity contribution in [3.05, 3.63) is 35.9 Å². The molecule has 0 spiro atoms. The first-order valence-corrected chi connectivity index (χ1v) is 9.18. The summed E-state index contributed by atoms with van der Waals surface area (Å²) in [6.07, 6.45) is 3.81. The van der Waals surface area contributed by atoms with Crippen molar-refractivity contribution in [1.29, 1.82) is 0 Å². The van der Waals surface area contributed by atoms with Crippen LogP contribution in [0.1, 0.15) is 24.8 Å². The van der Waals surface area contributed by atoms with E-state index >= 15 is 0 Å². The molecule has 0 aliphatic carbocycles. The molecule has 0 unspecified atom stereocenters. The first-order chi connectivity index (χ1) is 10.2. The number of nitrogens with one attached hydrogen (secondary N) is 1. The quantitative estimate of drug-likeness (QED) is 0.555. The fraction of sp³-hybridized carbons (Fsp3) is 0.600. The maximum absolute atomic E-state index is 11.8. The predicted molar refractivity (Wildman–Crippen MR) is 83.3 cm³/mol. The van der Waals surface area contributed by atoms with E-state index in [1.54, 1.807) is 0 Å². The normalized spacial score (nSPS) is 16.4. The Morgan fingerprint density at radius 3 is 2.57 bits per heavy atom. The lowest BCUT2D eigenvalue weighted by atomic mass is 10.1. The van der Waals surface area contributed by atoms with Crippen LogP contribution in [-0.4, -0.2) is 45.3 Å². The molecule has 0 radical (unpaired) electrons. The van der Waals surface area contributed by atoms with Gasteiger partial charge in [0.05, 0.1) is 12.4 Å². The van der Waals surface area contributed by atoms with Crippen LogP contribution >= 0.6 is 0 Å². The predicted octanol–water partition coefficient (Wildman–Crippen LogP) is 1.57. The number of hydrogen-bond acceptors (Lipinski definition) is 4. The molecule has 0 bridgehead atoms. The maximum atomic E-state index is 11.8. The summed E-state index contributed by atoms with van der Waals surface area (Å²) in [5.74, 6) is 0.0889. The molecule has 1 saturated heterocycles. The van der Waals surface area contributed by atoms with E-state index < -0.39 is 10.0 Å². The smallest absolute Gasteiger partial charge is 0.233 e. The molecular weight excluding hydrogens is 288 g/mol. The summed E-state index contributed by atoms with van der Waals surface area (Å²) in [5.41, 5.74) is 1.16. The summed E-state index contributed by atoms with van der Waals surface area (Å²) in [6, 6.07) is 9.89. The van der Waals surface area contributed by atoms with Crippen molar-refractivity contribution in [1.82, 2.24) is 9.79 Å². The summed E-state index contributed by atoms with van der Waals surface area (Å²) in [4.78, 5) is 9.58. The van der Waals surface area contributed by atoms with Crippen LogP contribution in [0.4, 0.5) is 0 Å². The van der Waals surface area contributed by atoms with Gasteiger partial charge in [-0.25, -0.2) is 8.42 Å². The molecule has 6 heteroatoms. The number of benzene rings is 1. The number of sulfonamides is 1. The second-order valence-electron chi connectivity index (χ2n) is 5.39. The fourth-order valence-corrected chi connectivity index (χ4v) is 3.34. The average molecular weight is 312 g/mol. The van der Waals surface area contributed by atoms with Crippen molar-refractivity contribution in [2.45, 2.75) is 25.7 Å². The Labute approximate surface area is 127 Å². The number of rotatable bonds is 9. The third-order valence-electron chi connectivity index (χ3n) is 3.62. The zero-order chi connectivity index (χ0) is 15.0. The molecule has 118 valence electrons. The molecule has 0 atom stereocenters. The van der Waals surface area contributed by atoms with Gasteiger partial charge in [-0.2, -0.15) is 0 Å². The third kappa shape index (κ3) is 6.56. The minimum atomic E-state index is -3.34. The van der Waals surface area contributed by atoms with Crippen molar-refractivity contribution < 1.29 is 13.3 Å². The van der Waals surface area contributed by atoms with Crippen molar-refractivity contribution in [2.75, 3.05) is 32.0 Å². The summed E-state index contributed by atoms with van der Waals surface area (Å²) < 4.78 is 23.5. The highest BCUT2D eigenvalue weighted by Crippen LogP contribution is 2.06. The van der Waals surface area contributed by atoms with Crippen molar-refractivity contribution in [2.24, 2.45) is 0 Å². The molecule has 1 aromatic carbocycles. The van der Waals surface area contributed by atoms with Crippen LogP contribution in [0, 0.1) is 0 Å². The van der Waals surface area contributed by atoms with Gasteiger partial charge in [0.2, 0.25) is 10.0 Å². The van der Waals surface area contributed by atoms with Crippen LogP contribution in [0.5, 0.6) is 0 Å².